The number of piperidine rings is 1. The lowest BCUT2D eigenvalue weighted by atomic mass is 10.1. The molecule has 0 bridgehead atoms. The number of methoxy groups -OCH3 is 2. The Morgan fingerprint density at radius 3 is 2.59 bits per heavy atom. The van der Waals surface area contributed by atoms with E-state index in [9.17, 15) is 14.9 Å². The molecule has 1 aliphatic rings. The molecular weight excluding hydrogens is 444 g/mol. The van der Waals surface area contributed by atoms with Gasteiger partial charge in [-0.25, -0.2) is 14.8 Å². The summed E-state index contributed by atoms with van der Waals surface area (Å²) in [5.41, 5.74) is 0.686. The number of carbonyl (C=O) groups excluding carboxylic acids is 1. The first-order chi connectivity index (χ1) is 16.5. The van der Waals surface area contributed by atoms with Gasteiger partial charge in [0.15, 0.2) is 11.5 Å². The molecule has 1 aromatic carbocycles. The summed E-state index contributed by atoms with van der Waals surface area (Å²) in [6, 6.07) is 5.51. The normalized spacial score (nSPS) is 13.8. The molecule has 0 spiro atoms. The van der Waals surface area contributed by atoms with E-state index < -0.39 is 4.92 Å². The Morgan fingerprint density at radius 1 is 1.21 bits per heavy atom. The Hall–Kier alpha value is -3.83. The molecule has 1 aromatic heterocycles. The molecule has 34 heavy (non-hydrogen) atoms. The predicted octanol–water partition coefficient (Wildman–Crippen LogP) is 3.09. The van der Waals surface area contributed by atoms with Crippen LogP contribution >= 0.6 is 0 Å². The van der Waals surface area contributed by atoms with Crippen molar-refractivity contribution in [1.29, 1.82) is 0 Å². The number of nitro groups is 1. The molecule has 1 saturated heterocycles. The minimum absolute atomic E-state index is 0.0619. The molecule has 2 aromatic rings. The van der Waals surface area contributed by atoms with Crippen molar-refractivity contribution in [3.8, 4) is 11.5 Å². The highest BCUT2D eigenvalue weighted by Crippen LogP contribution is 2.32. The third kappa shape index (κ3) is 5.94. The summed E-state index contributed by atoms with van der Waals surface area (Å²) in [5.74, 6) is 1.53. The summed E-state index contributed by atoms with van der Waals surface area (Å²) in [6.07, 6.45) is 2.73. The first kappa shape index (κ1) is 24.8. The number of para-hydroxylation sites is 1. The molecule has 0 aliphatic carbocycles. The van der Waals surface area contributed by atoms with Gasteiger partial charge in [0.2, 0.25) is 11.6 Å². The first-order valence-corrected chi connectivity index (χ1v) is 11.1. The maximum atomic E-state index is 11.9. The second kappa shape index (κ2) is 11.9. The van der Waals surface area contributed by atoms with Crippen molar-refractivity contribution >= 4 is 23.4 Å². The van der Waals surface area contributed by atoms with Crippen LogP contribution in [0.4, 0.5) is 22.1 Å². The Bertz CT molecular complexity index is 996. The fourth-order valence-electron chi connectivity index (χ4n) is 3.87. The fourth-order valence-corrected chi connectivity index (χ4v) is 3.87. The molecule has 3 rings (SSSR count). The van der Waals surface area contributed by atoms with Gasteiger partial charge in [-0.3, -0.25) is 10.1 Å². The lowest BCUT2D eigenvalue weighted by molar-refractivity contribution is -0.383. The van der Waals surface area contributed by atoms with Crippen LogP contribution in [0.15, 0.2) is 24.5 Å². The number of amides is 1. The van der Waals surface area contributed by atoms with Crippen LogP contribution in [0, 0.1) is 10.1 Å². The number of ether oxygens (including phenoxy) is 3. The number of likely N-dealkylation sites (tertiary alicyclic amines) is 1. The summed E-state index contributed by atoms with van der Waals surface area (Å²) < 4.78 is 15.8. The van der Waals surface area contributed by atoms with Crippen LogP contribution in [0.1, 0.15) is 25.3 Å². The minimum atomic E-state index is -0.495. The van der Waals surface area contributed by atoms with Crippen molar-refractivity contribution in [2.45, 2.75) is 32.2 Å². The second-order valence-corrected chi connectivity index (χ2v) is 7.61. The van der Waals surface area contributed by atoms with E-state index in [1.807, 2.05) is 12.1 Å². The number of nitrogens with zero attached hydrogens (tertiary/aromatic N) is 4. The van der Waals surface area contributed by atoms with Crippen molar-refractivity contribution in [3.63, 3.8) is 0 Å². The smallest absolute Gasteiger partial charge is 0.409 e. The molecule has 0 saturated carbocycles. The molecule has 1 aliphatic heterocycles. The highest BCUT2D eigenvalue weighted by molar-refractivity contribution is 5.70. The predicted molar refractivity (Wildman–Crippen MR) is 126 cm³/mol. The standard InChI is InChI=1S/C22H30N6O6/c1-4-34-22(29)27-12-9-16(10-13-27)26-21-18(28(30)31)20(24-14-25-21)23-11-8-15-6-5-7-17(32-2)19(15)33-3/h5-7,14,16H,4,8-13H2,1-3H3,(H2,23,24,25,26). The SMILES string of the molecule is CCOC(=O)N1CCC(Nc2ncnc(NCCc3cccc(OC)c3OC)c2[N+](=O)[O-])CC1. The number of benzene rings is 1. The van der Waals surface area contributed by atoms with E-state index in [0.717, 1.165) is 5.56 Å². The number of hydrogen-bond donors (Lipinski definition) is 2. The Morgan fingerprint density at radius 2 is 1.94 bits per heavy atom. The van der Waals surface area contributed by atoms with E-state index in [1.54, 1.807) is 32.1 Å². The lowest BCUT2D eigenvalue weighted by Crippen LogP contribution is -2.42. The molecule has 0 radical (unpaired) electrons. The summed E-state index contributed by atoms with van der Waals surface area (Å²) >= 11 is 0. The number of nitrogens with one attached hydrogen (secondary N) is 2. The topological polar surface area (TPSA) is 141 Å². The number of aromatic nitrogens is 2. The van der Waals surface area contributed by atoms with Crippen LogP contribution in [0.5, 0.6) is 11.5 Å². The molecule has 12 nitrogen and oxygen atoms in total. The largest absolute Gasteiger partial charge is 0.493 e. The molecule has 12 heteroatoms. The monoisotopic (exact) mass is 474 g/mol. The average molecular weight is 475 g/mol. The van der Waals surface area contributed by atoms with Gasteiger partial charge in [-0.1, -0.05) is 12.1 Å². The van der Waals surface area contributed by atoms with E-state index in [-0.39, 0.29) is 29.5 Å². The minimum Gasteiger partial charge on any atom is -0.493 e. The van der Waals surface area contributed by atoms with Crippen LogP contribution in [0.2, 0.25) is 0 Å². The third-order valence-corrected chi connectivity index (χ3v) is 5.54. The van der Waals surface area contributed by atoms with Crippen LogP contribution in [-0.4, -0.2) is 72.4 Å². The van der Waals surface area contributed by atoms with Gasteiger partial charge in [0.05, 0.1) is 25.7 Å². The van der Waals surface area contributed by atoms with Gasteiger partial charge in [-0.15, -0.1) is 0 Å². The van der Waals surface area contributed by atoms with Crippen LogP contribution in [0.3, 0.4) is 0 Å². The molecule has 0 atom stereocenters. The number of rotatable bonds is 10. The van der Waals surface area contributed by atoms with Crippen LogP contribution < -0.4 is 20.1 Å². The van der Waals surface area contributed by atoms with Crippen molar-refractivity contribution in [2.75, 3.05) is 51.1 Å². The number of hydrogen-bond acceptors (Lipinski definition) is 10. The maximum absolute atomic E-state index is 11.9. The molecule has 184 valence electrons. The van der Waals surface area contributed by atoms with Crippen LogP contribution in [0.25, 0.3) is 0 Å². The Balaban J connectivity index is 1.66. The van der Waals surface area contributed by atoms with Crippen molar-refractivity contribution in [2.24, 2.45) is 0 Å². The summed E-state index contributed by atoms with van der Waals surface area (Å²) in [6.45, 7) is 3.48. The van der Waals surface area contributed by atoms with E-state index in [1.165, 1.54) is 6.33 Å². The zero-order valence-corrected chi connectivity index (χ0v) is 19.6. The molecule has 1 fully saturated rings. The molecule has 1 amide bonds. The van der Waals surface area contributed by atoms with Gasteiger partial charge in [0, 0.05) is 25.7 Å². The molecular formula is C22H30N6O6. The second-order valence-electron chi connectivity index (χ2n) is 7.61. The summed E-state index contributed by atoms with van der Waals surface area (Å²) in [7, 11) is 3.14. The van der Waals surface area contributed by atoms with Gasteiger partial charge in [0.1, 0.15) is 6.33 Å². The van der Waals surface area contributed by atoms with Gasteiger partial charge in [0.25, 0.3) is 0 Å². The summed E-state index contributed by atoms with van der Waals surface area (Å²) in [4.78, 5) is 33.1. The lowest BCUT2D eigenvalue weighted by Gasteiger charge is -2.31. The van der Waals surface area contributed by atoms with E-state index in [2.05, 4.69) is 20.6 Å². The highest BCUT2D eigenvalue weighted by atomic mass is 16.6. The van der Waals surface area contributed by atoms with Gasteiger partial charge < -0.3 is 29.7 Å². The van der Waals surface area contributed by atoms with E-state index in [0.29, 0.717) is 57.0 Å². The third-order valence-electron chi connectivity index (χ3n) is 5.54. The fraction of sp³-hybridized carbons (Fsp3) is 0.500. The van der Waals surface area contributed by atoms with E-state index >= 15 is 0 Å². The van der Waals surface area contributed by atoms with Crippen molar-refractivity contribution in [3.05, 3.63) is 40.2 Å². The zero-order chi connectivity index (χ0) is 24.5. The van der Waals surface area contributed by atoms with Gasteiger partial charge in [-0.2, -0.15) is 0 Å². The number of anilines is 2. The molecule has 2 N–H and O–H groups in total. The first-order valence-electron chi connectivity index (χ1n) is 11.1. The molecule has 0 unspecified atom stereocenters. The summed E-state index contributed by atoms with van der Waals surface area (Å²) in [5, 5.41) is 18.1. The maximum Gasteiger partial charge on any atom is 0.409 e. The van der Waals surface area contributed by atoms with Crippen molar-refractivity contribution in [1.82, 2.24) is 14.9 Å². The van der Waals surface area contributed by atoms with Crippen LogP contribution in [-0.2, 0) is 11.2 Å². The highest BCUT2D eigenvalue weighted by Gasteiger charge is 2.28. The van der Waals surface area contributed by atoms with Gasteiger partial charge >= 0.3 is 11.8 Å². The van der Waals surface area contributed by atoms with Gasteiger partial charge in [-0.05, 0) is 37.8 Å². The van der Waals surface area contributed by atoms with Crippen molar-refractivity contribution < 1.29 is 23.9 Å². The van der Waals surface area contributed by atoms with E-state index in [4.69, 9.17) is 14.2 Å². The number of carbonyl (C=O) groups is 1. The quantitative estimate of drug-likeness (QED) is 0.390. The molecule has 2 heterocycles. The average Bonchev–Trinajstić information content (AvgIpc) is 2.84. The Labute approximate surface area is 197 Å². The zero-order valence-electron chi connectivity index (χ0n) is 19.6. The Kier molecular flexibility index (Phi) is 8.66.